The van der Waals surface area contributed by atoms with Crippen molar-refractivity contribution in [2.45, 2.75) is 13.8 Å². The molecule has 0 unspecified atom stereocenters. The van der Waals surface area contributed by atoms with Crippen molar-refractivity contribution in [3.63, 3.8) is 0 Å². The molecule has 0 atom stereocenters. The van der Waals surface area contributed by atoms with E-state index in [9.17, 15) is 9.59 Å². The van der Waals surface area contributed by atoms with Gasteiger partial charge in [0.05, 0.1) is 0 Å². The minimum absolute atomic E-state index is 0.357. The van der Waals surface area contributed by atoms with E-state index < -0.39 is 0 Å². The summed E-state index contributed by atoms with van der Waals surface area (Å²) in [6, 6.07) is 1.33. The zero-order valence-corrected chi connectivity index (χ0v) is 9.24. The first-order valence-electron chi connectivity index (χ1n) is 4.47. The predicted octanol–water partition coefficient (Wildman–Crippen LogP) is -0.108. The van der Waals surface area contributed by atoms with Gasteiger partial charge in [0.2, 0.25) is 0 Å². The van der Waals surface area contributed by atoms with Gasteiger partial charge in [-0.3, -0.25) is 19.4 Å². The van der Waals surface area contributed by atoms with Crippen molar-refractivity contribution < 1.29 is 0 Å². The smallest absolute Gasteiger partial charge is 0.281 e. The average molecular weight is 210 g/mol. The fourth-order valence-corrected chi connectivity index (χ4v) is 1.01. The fourth-order valence-electron chi connectivity index (χ4n) is 1.01. The van der Waals surface area contributed by atoms with E-state index >= 15 is 0 Å². The van der Waals surface area contributed by atoms with Gasteiger partial charge in [0.15, 0.2) is 0 Å². The van der Waals surface area contributed by atoms with Crippen LogP contribution in [-0.4, -0.2) is 14.8 Å². The lowest BCUT2D eigenvalue weighted by molar-refractivity contribution is 0.690. The summed E-state index contributed by atoms with van der Waals surface area (Å²) in [6.07, 6.45) is 0. The third-order valence-corrected chi connectivity index (χ3v) is 1.92. The maximum atomic E-state index is 11.5. The molecule has 1 aromatic heterocycles. The molecule has 1 N–H and O–H groups in total. The van der Waals surface area contributed by atoms with E-state index in [1.807, 2.05) is 13.8 Å². The van der Waals surface area contributed by atoms with Crippen LogP contribution >= 0.6 is 0 Å². The van der Waals surface area contributed by atoms with E-state index in [0.717, 1.165) is 10.3 Å². The molecule has 0 fully saturated rings. The van der Waals surface area contributed by atoms with Crippen LogP contribution in [0.3, 0.4) is 0 Å². The second-order valence-electron chi connectivity index (χ2n) is 3.44. The topological polar surface area (TPSA) is 68.4 Å². The molecule has 82 valence electrons. The molecule has 0 spiro atoms. The normalized spacial score (nSPS) is 9.87. The molecule has 0 saturated carbocycles. The van der Waals surface area contributed by atoms with Gasteiger partial charge in [-0.2, -0.15) is 5.10 Å². The lowest BCUT2D eigenvalue weighted by atomic mass is 10.5. The summed E-state index contributed by atoms with van der Waals surface area (Å²) >= 11 is 0. The largest absolute Gasteiger partial charge is 0.332 e. The fraction of sp³-hybridized carbons (Fsp3) is 0.444. The molecule has 0 amide bonds. The van der Waals surface area contributed by atoms with Crippen LogP contribution in [0.5, 0.6) is 0 Å². The highest BCUT2D eigenvalue weighted by atomic mass is 16.2. The van der Waals surface area contributed by atoms with Crippen molar-refractivity contribution in [3.05, 3.63) is 26.9 Å². The second-order valence-corrected chi connectivity index (χ2v) is 3.44. The Morgan fingerprint density at radius 3 is 2.40 bits per heavy atom. The van der Waals surface area contributed by atoms with Crippen LogP contribution in [0.2, 0.25) is 0 Å². The highest BCUT2D eigenvalue weighted by molar-refractivity contribution is 5.79. The average Bonchev–Trinajstić information content (AvgIpc) is 2.18. The first kappa shape index (κ1) is 11.2. The summed E-state index contributed by atoms with van der Waals surface area (Å²) in [5, 5.41) is 3.93. The number of anilines is 1. The zero-order chi connectivity index (χ0) is 11.6. The quantitative estimate of drug-likeness (QED) is 0.547. The number of aromatic nitrogens is 2. The molecular weight excluding hydrogens is 196 g/mol. The van der Waals surface area contributed by atoms with Crippen LogP contribution in [0.25, 0.3) is 0 Å². The highest BCUT2D eigenvalue weighted by Crippen LogP contribution is 1.97. The lowest BCUT2D eigenvalue weighted by Crippen LogP contribution is -2.37. The monoisotopic (exact) mass is 210 g/mol. The summed E-state index contributed by atoms with van der Waals surface area (Å²) in [5.41, 5.74) is 2.73. The van der Waals surface area contributed by atoms with Crippen LogP contribution in [0, 0.1) is 0 Å². The SMILES string of the molecule is CC(C)=NNc1cc(=O)n(C)c(=O)n1C. The molecule has 0 aromatic carbocycles. The van der Waals surface area contributed by atoms with Crippen LogP contribution in [-0.2, 0) is 14.1 Å². The van der Waals surface area contributed by atoms with Crippen molar-refractivity contribution >= 4 is 11.5 Å². The summed E-state index contributed by atoms with van der Waals surface area (Å²) in [5.74, 6) is 0.379. The number of hydrogen-bond acceptors (Lipinski definition) is 4. The summed E-state index contributed by atoms with van der Waals surface area (Å²) in [4.78, 5) is 22.8. The van der Waals surface area contributed by atoms with E-state index in [0.29, 0.717) is 5.82 Å². The van der Waals surface area contributed by atoms with Gasteiger partial charge in [-0.15, -0.1) is 0 Å². The number of nitrogens with one attached hydrogen (secondary N) is 1. The molecule has 0 aliphatic carbocycles. The number of nitrogens with zero attached hydrogens (tertiary/aromatic N) is 3. The Kier molecular flexibility index (Phi) is 3.08. The Morgan fingerprint density at radius 2 is 1.87 bits per heavy atom. The van der Waals surface area contributed by atoms with E-state index in [1.54, 1.807) is 7.05 Å². The van der Waals surface area contributed by atoms with Crippen molar-refractivity contribution in [1.29, 1.82) is 0 Å². The molecule has 0 radical (unpaired) electrons. The van der Waals surface area contributed by atoms with Gasteiger partial charge in [0.1, 0.15) is 5.82 Å². The Labute approximate surface area is 86.9 Å². The van der Waals surface area contributed by atoms with Crippen LogP contribution in [0.15, 0.2) is 20.8 Å². The molecule has 6 heteroatoms. The molecule has 1 aromatic rings. The van der Waals surface area contributed by atoms with E-state index in [4.69, 9.17) is 0 Å². The second kappa shape index (κ2) is 4.12. The first-order chi connectivity index (χ1) is 6.93. The van der Waals surface area contributed by atoms with Crippen molar-refractivity contribution in [1.82, 2.24) is 9.13 Å². The molecular formula is C9H14N4O2. The van der Waals surface area contributed by atoms with Crippen LogP contribution in [0.1, 0.15) is 13.8 Å². The van der Waals surface area contributed by atoms with E-state index in [2.05, 4.69) is 10.5 Å². The molecule has 0 bridgehead atoms. The summed E-state index contributed by atoms with van der Waals surface area (Å²) < 4.78 is 2.36. The Balaban J connectivity index is 3.28. The molecule has 1 rings (SSSR count). The highest BCUT2D eigenvalue weighted by Gasteiger charge is 2.04. The van der Waals surface area contributed by atoms with Gasteiger partial charge in [0.25, 0.3) is 5.56 Å². The maximum Gasteiger partial charge on any atom is 0.332 e. The van der Waals surface area contributed by atoms with Crippen molar-refractivity contribution in [2.75, 3.05) is 5.43 Å². The number of hydrogen-bond donors (Lipinski definition) is 1. The minimum atomic E-state index is -0.381. The van der Waals surface area contributed by atoms with Gasteiger partial charge in [-0.1, -0.05) is 0 Å². The molecule has 1 heterocycles. The van der Waals surface area contributed by atoms with Gasteiger partial charge in [-0.05, 0) is 13.8 Å². The van der Waals surface area contributed by atoms with Crippen LogP contribution < -0.4 is 16.7 Å². The summed E-state index contributed by atoms with van der Waals surface area (Å²) in [6.45, 7) is 3.62. The standard InChI is InChI=1S/C9H14N4O2/c1-6(2)10-11-7-5-8(14)13(4)9(15)12(7)3/h5,11H,1-4H3. The van der Waals surface area contributed by atoms with Crippen LogP contribution in [0.4, 0.5) is 5.82 Å². The lowest BCUT2D eigenvalue weighted by Gasteiger charge is -2.08. The molecule has 6 nitrogen and oxygen atoms in total. The first-order valence-corrected chi connectivity index (χ1v) is 4.47. The minimum Gasteiger partial charge on any atom is -0.281 e. The van der Waals surface area contributed by atoms with E-state index in [1.165, 1.54) is 17.7 Å². The molecule has 15 heavy (non-hydrogen) atoms. The molecule has 0 aliphatic rings. The third kappa shape index (κ3) is 2.34. The van der Waals surface area contributed by atoms with E-state index in [-0.39, 0.29) is 11.2 Å². The number of hydrazone groups is 1. The van der Waals surface area contributed by atoms with Gasteiger partial charge in [-0.25, -0.2) is 4.79 Å². The Bertz CT molecular complexity index is 506. The maximum absolute atomic E-state index is 11.5. The summed E-state index contributed by atoms with van der Waals surface area (Å²) in [7, 11) is 3.01. The van der Waals surface area contributed by atoms with Gasteiger partial charge >= 0.3 is 5.69 Å². The van der Waals surface area contributed by atoms with Crippen molar-refractivity contribution in [3.8, 4) is 0 Å². The van der Waals surface area contributed by atoms with Gasteiger partial charge < -0.3 is 0 Å². The number of rotatable bonds is 2. The van der Waals surface area contributed by atoms with Gasteiger partial charge in [0, 0.05) is 25.9 Å². The Hall–Kier alpha value is -1.85. The zero-order valence-electron chi connectivity index (χ0n) is 9.24. The molecule has 0 saturated heterocycles. The molecule has 0 aliphatic heterocycles. The van der Waals surface area contributed by atoms with Crippen molar-refractivity contribution in [2.24, 2.45) is 19.2 Å². The third-order valence-electron chi connectivity index (χ3n) is 1.92. The predicted molar refractivity (Wildman–Crippen MR) is 59.3 cm³/mol. The Morgan fingerprint density at radius 1 is 1.27 bits per heavy atom.